The minimum absolute atomic E-state index is 0.0487. The van der Waals surface area contributed by atoms with Gasteiger partial charge in [-0.25, -0.2) is 9.79 Å². The number of carboxylic acid groups (broad SMARTS) is 1. The highest BCUT2D eigenvalue weighted by molar-refractivity contribution is 6.42. The average Bonchev–Trinajstić information content (AvgIpc) is 3.95. The first-order valence-corrected chi connectivity index (χ1v) is 18.3. The van der Waals surface area contributed by atoms with E-state index >= 15 is 0 Å². The number of nitrogens with zero attached hydrogens (tertiary/aromatic N) is 5. The number of carbonyl (C=O) groups is 4. The molecule has 1 aromatic heterocycles. The Morgan fingerprint density at radius 2 is 1.52 bits per heavy atom. The zero-order valence-electron chi connectivity index (χ0n) is 31.1. The van der Waals surface area contributed by atoms with Crippen LogP contribution < -0.4 is 36.2 Å². The number of hydrogen-bond donors (Lipinski definition) is 6. The molecule has 1 saturated heterocycles. The number of aliphatic imine (C=N–C) groups is 1. The molecular formula is C38H38ClF3N10O6. The molecule has 2 fully saturated rings. The smallest absolute Gasteiger partial charge is 0.422 e. The molecule has 0 bridgehead atoms. The van der Waals surface area contributed by atoms with Gasteiger partial charge in [-0.3, -0.25) is 14.4 Å². The molecule has 3 aromatic carbocycles. The second kappa shape index (κ2) is 17.4. The number of nitrogens with one attached hydrogen (secondary N) is 5. The third-order valence-electron chi connectivity index (χ3n) is 9.02. The van der Waals surface area contributed by atoms with E-state index < -0.39 is 60.3 Å². The maximum atomic E-state index is 13.0. The molecule has 6 N–H and O–H groups in total. The normalized spacial score (nSPS) is 17.5. The van der Waals surface area contributed by atoms with Crippen LogP contribution in [0.1, 0.15) is 42.6 Å². The lowest BCUT2D eigenvalue weighted by molar-refractivity contribution is -0.154. The Morgan fingerprint density at radius 1 is 0.897 bits per heavy atom. The summed E-state index contributed by atoms with van der Waals surface area (Å²) < 4.78 is 43.7. The van der Waals surface area contributed by atoms with Crippen molar-refractivity contribution in [3.63, 3.8) is 0 Å². The summed E-state index contributed by atoms with van der Waals surface area (Å²) in [6.07, 6.45) is -3.27. The van der Waals surface area contributed by atoms with Crippen LogP contribution in [0.2, 0.25) is 5.02 Å². The molecule has 3 amide bonds. The van der Waals surface area contributed by atoms with Crippen molar-refractivity contribution < 1.29 is 42.2 Å². The van der Waals surface area contributed by atoms with E-state index in [4.69, 9.17) is 16.3 Å². The Hall–Kier alpha value is -6.34. The lowest BCUT2D eigenvalue weighted by Gasteiger charge is -2.37. The maximum absolute atomic E-state index is 13.0. The summed E-state index contributed by atoms with van der Waals surface area (Å²) in [7, 11) is 0. The molecule has 2 heterocycles. The average molecular weight is 823 g/mol. The second-order valence-electron chi connectivity index (χ2n) is 13.8. The van der Waals surface area contributed by atoms with Gasteiger partial charge in [0.25, 0.3) is 5.91 Å². The highest BCUT2D eigenvalue weighted by atomic mass is 35.5. The summed E-state index contributed by atoms with van der Waals surface area (Å²) in [5, 5.41) is 24.3. The number of anilines is 5. The number of ether oxygens (including phenoxy) is 1. The number of hydrogen-bond acceptors (Lipinski definition) is 12. The summed E-state index contributed by atoms with van der Waals surface area (Å²) in [4.78, 5) is 68.0. The molecule has 2 atom stereocenters. The van der Waals surface area contributed by atoms with Crippen LogP contribution in [-0.2, 0) is 19.9 Å². The zero-order chi connectivity index (χ0) is 41.6. The van der Waals surface area contributed by atoms with E-state index in [9.17, 15) is 37.5 Å². The van der Waals surface area contributed by atoms with Gasteiger partial charge in [0.1, 0.15) is 5.71 Å². The molecule has 20 heteroatoms. The first-order chi connectivity index (χ1) is 27.5. The third kappa shape index (κ3) is 11.2. The quantitative estimate of drug-likeness (QED) is 0.0782. The fourth-order valence-electron chi connectivity index (χ4n) is 6.17. The fourth-order valence-corrected chi connectivity index (χ4v) is 6.30. The standard InChI is InChI=1S/C38H38ClF3N10O6/c1-21-18-52(19-22(2)44-21)28-13-11-26(12-14-28)45-32(55)31(54)43-17-29(33(56)57)47-30(53)23-3-9-27(10-4-23)46-34-48-35(50-36(49-34)58-20-38(40,41)42)51-37(15-16-37)24-5-7-25(39)8-6-24/h3-14,21-22,44H,15-20H2,1-2H3,(H,43,54)(H,45,55)(H,56,57)(H2,46,48,49,50,51). The van der Waals surface area contributed by atoms with Crippen LogP contribution in [0.4, 0.5) is 42.1 Å². The zero-order valence-corrected chi connectivity index (χ0v) is 31.8. The molecule has 58 heavy (non-hydrogen) atoms. The van der Waals surface area contributed by atoms with Crippen molar-refractivity contribution in [1.29, 1.82) is 0 Å². The van der Waals surface area contributed by atoms with E-state index in [1.54, 1.807) is 24.3 Å². The van der Waals surface area contributed by atoms with Crippen molar-refractivity contribution in [2.45, 2.75) is 50.5 Å². The van der Waals surface area contributed by atoms with Crippen molar-refractivity contribution in [2.75, 3.05) is 47.1 Å². The molecule has 1 aliphatic heterocycles. The van der Waals surface area contributed by atoms with Gasteiger partial charge >= 0.3 is 30.0 Å². The molecular weight excluding hydrogens is 785 g/mol. The van der Waals surface area contributed by atoms with Gasteiger partial charge in [0.15, 0.2) is 6.61 Å². The largest absolute Gasteiger partial charge is 0.477 e. The number of amides is 3. The van der Waals surface area contributed by atoms with E-state index in [2.05, 4.69) is 65.3 Å². The summed E-state index contributed by atoms with van der Waals surface area (Å²) in [6, 6.07) is 19.4. The Kier molecular flexibility index (Phi) is 12.4. The van der Waals surface area contributed by atoms with Crippen molar-refractivity contribution in [3.05, 3.63) is 88.9 Å². The van der Waals surface area contributed by atoms with Crippen molar-refractivity contribution in [2.24, 2.45) is 4.99 Å². The molecule has 1 saturated carbocycles. The number of aliphatic carboxylic acids is 1. The summed E-state index contributed by atoms with van der Waals surface area (Å²) in [6.45, 7) is 3.42. The summed E-state index contributed by atoms with van der Waals surface area (Å²) in [5.41, 5.74) is 1.11. The van der Waals surface area contributed by atoms with Crippen LogP contribution >= 0.6 is 11.6 Å². The predicted molar refractivity (Wildman–Crippen MR) is 209 cm³/mol. The molecule has 304 valence electrons. The third-order valence-corrected chi connectivity index (χ3v) is 9.27. The molecule has 2 aliphatic rings. The van der Waals surface area contributed by atoms with Gasteiger partial charge in [-0.05, 0) is 92.9 Å². The number of piperazine rings is 1. The van der Waals surface area contributed by atoms with Crippen LogP contribution in [0.15, 0.2) is 77.8 Å². The van der Waals surface area contributed by atoms with Crippen LogP contribution in [0.25, 0.3) is 0 Å². The van der Waals surface area contributed by atoms with E-state index in [-0.39, 0.29) is 23.1 Å². The van der Waals surface area contributed by atoms with E-state index in [0.717, 1.165) is 24.3 Å². The highest BCUT2D eigenvalue weighted by Gasteiger charge is 2.45. The topological polar surface area (TPSA) is 212 Å². The number of carboxylic acids is 1. The van der Waals surface area contributed by atoms with Gasteiger partial charge in [-0.2, -0.15) is 28.1 Å². The number of carbonyl (C=O) groups excluding carboxylic acids is 3. The molecule has 6 rings (SSSR count). The molecule has 0 spiro atoms. The van der Waals surface area contributed by atoms with Crippen molar-refractivity contribution in [3.8, 4) is 6.01 Å². The Labute approximate surface area is 334 Å². The van der Waals surface area contributed by atoms with E-state index in [0.29, 0.717) is 35.6 Å². The van der Waals surface area contributed by atoms with Crippen LogP contribution in [0.3, 0.4) is 0 Å². The Morgan fingerprint density at radius 3 is 2.12 bits per heavy atom. The van der Waals surface area contributed by atoms with Gasteiger partial charge in [-0.1, -0.05) is 23.7 Å². The van der Waals surface area contributed by atoms with Gasteiger partial charge in [0, 0.05) is 52.8 Å². The summed E-state index contributed by atoms with van der Waals surface area (Å²) in [5.74, 6) is -5.01. The number of aromatic nitrogens is 3. The number of rotatable bonds is 13. The minimum Gasteiger partial charge on any atom is -0.477 e. The number of alkyl halides is 3. The fraction of sp³-hybridized carbons (Fsp3) is 0.316. The monoisotopic (exact) mass is 822 g/mol. The predicted octanol–water partition coefficient (Wildman–Crippen LogP) is 4.92. The number of benzene rings is 3. The Balaban J connectivity index is 1.06. The first kappa shape index (κ1) is 41.3. The summed E-state index contributed by atoms with van der Waals surface area (Å²) >= 11 is 6.02. The highest BCUT2D eigenvalue weighted by Crippen LogP contribution is 2.48. The van der Waals surface area contributed by atoms with Crippen molar-refractivity contribution >= 4 is 70.0 Å². The van der Waals surface area contributed by atoms with Gasteiger partial charge in [-0.15, -0.1) is 0 Å². The molecule has 0 radical (unpaired) electrons. The maximum Gasteiger partial charge on any atom is 0.422 e. The lowest BCUT2D eigenvalue weighted by Crippen LogP contribution is -2.54. The van der Waals surface area contributed by atoms with Crippen LogP contribution in [-0.4, -0.2) is 94.0 Å². The Bertz CT molecular complexity index is 2180. The van der Waals surface area contributed by atoms with Crippen LogP contribution in [0, 0.1) is 0 Å². The molecule has 16 nitrogen and oxygen atoms in total. The second-order valence-corrected chi connectivity index (χ2v) is 14.2. The van der Waals surface area contributed by atoms with Crippen molar-refractivity contribution in [1.82, 2.24) is 25.6 Å². The minimum atomic E-state index is -4.66. The number of halogens is 4. The first-order valence-electron chi connectivity index (χ1n) is 18.0. The van der Waals surface area contributed by atoms with E-state index in [1.807, 2.05) is 24.3 Å². The molecule has 2 unspecified atom stereocenters. The lowest BCUT2D eigenvalue weighted by atomic mass is 10.1. The van der Waals surface area contributed by atoms with E-state index in [1.165, 1.54) is 24.3 Å². The molecule has 1 aliphatic carbocycles. The van der Waals surface area contributed by atoms with Gasteiger partial charge in [0.05, 0.1) is 12.1 Å². The van der Waals surface area contributed by atoms with Crippen LogP contribution in [0.5, 0.6) is 6.01 Å². The van der Waals surface area contributed by atoms with Gasteiger partial charge < -0.3 is 41.3 Å². The van der Waals surface area contributed by atoms with Gasteiger partial charge in [0.2, 0.25) is 11.9 Å². The SMILES string of the molecule is CC1CN(c2ccc(NC(=O)C(=O)NCC(=NC(=O)c3ccc(Nc4nc(NC5(c6ccc(Cl)cc6)CC5)nc(OCC(F)(F)F)n4)cc3)C(=O)O)cc2)CC(C)N1. The molecule has 4 aromatic rings.